The molecule has 0 heterocycles. The summed E-state index contributed by atoms with van der Waals surface area (Å²) in [6.45, 7) is 3.61. The quantitative estimate of drug-likeness (QED) is 0.352. The first-order chi connectivity index (χ1) is 11.9. The fraction of sp³-hybridized carbons (Fsp3) is 0.222. The second-order valence-electron chi connectivity index (χ2n) is 5.38. The van der Waals surface area contributed by atoms with Crippen LogP contribution in [0, 0.1) is 10.1 Å². The number of esters is 1. The van der Waals surface area contributed by atoms with Gasteiger partial charge in [0.25, 0.3) is 5.69 Å². The molecule has 0 radical (unpaired) electrons. The Hall–Kier alpha value is -3.22. The second kappa shape index (κ2) is 8.05. The van der Waals surface area contributed by atoms with E-state index in [-0.39, 0.29) is 22.7 Å². The molecule has 0 aromatic heterocycles. The summed E-state index contributed by atoms with van der Waals surface area (Å²) in [5, 5.41) is 14.1. The number of hydrogen-bond donors (Lipinski definition) is 1. The molecule has 0 spiro atoms. The van der Waals surface area contributed by atoms with Crippen LogP contribution in [0.5, 0.6) is 0 Å². The third kappa shape index (κ3) is 4.63. The zero-order chi connectivity index (χ0) is 18.4. The van der Waals surface area contributed by atoms with E-state index in [1.54, 1.807) is 24.3 Å². The number of carbonyl (C=O) groups is 2. The van der Waals surface area contributed by atoms with Crippen LogP contribution in [0.15, 0.2) is 42.5 Å². The highest BCUT2D eigenvalue weighted by atomic mass is 16.6. The lowest BCUT2D eigenvalue weighted by Gasteiger charge is -2.09. The Morgan fingerprint density at radius 3 is 2.32 bits per heavy atom. The lowest BCUT2D eigenvalue weighted by Crippen LogP contribution is -2.06. The van der Waals surface area contributed by atoms with Crippen LogP contribution in [0.3, 0.4) is 0 Å². The number of ketones is 1. The number of benzene rings is 2. The highest BCUT2D eigenvalue weighted by molar-refractivity contribution is 5.95. The number of carbonyl (C=O) groups excluding carboxylic acids is 2. The summed E-state index contributed by atoms with van der Waals surface area (Å²) in [6.07, 6.45) is 0.741. The first-order valence-corrected chi connectivity index (χ1v) is 7.76. The van der Waals surface area contributed by atoms with Crippen LogP contribution in [0.25, 0.3) is 0 Å². The lowest BCUT2D eigenvalue weighted by molar-refractivity contribution is -0.383. The lowest BCUT2D eigenvalue weighted by atomic mass is 10.1. The van der Waals surface area contributed by atoms with Gasteiger partial charge in [-0.3, -0.25) is 14.9 Å². The molecule has 2 rings (SSSR count). The second-order valence-corrected chi connectivity index (χ2v) is 5.38. The summed E-state index contributed by atoms with van der Waals surface area (Å²) < 4.78 is 5.04. The predicted octanol–water partition coefficient (Wildman–Crippen LogP) is 4.11. The molecule has 130 valence electrons. The number of nitrogens with one attached hydrogen (secondary N) is 1. The van der Waals surface area contributed by atoms with Crippen molar-refractivity contribution in [1.82, 2.24) is 0 Å². The molecule has 0 bridgehead atoms. The molecule has 7 heteroatoms. The molecule has 0 aliphatic carbocycles. The molecule has 2 aromatic carbocycles. The number of Topliss-reactive ketones (excluding diaryl/α,β-unsaturated/α-hetero) is 1. The average molecular weight is 342 g/mol. The van der Waals surface area contributed by atoms with E-state index in [1.165, 1.54) is 25.1 Å². The van der Waals surface area contributed by atoms with Gasteiger partial charge in [-0.25, -0.2) is 4.79 Å². The van der Waals surface area contributed by atoms with Crippen LogP contribution in [0.4, 0.5) is 17.1 Å². The van der Waals surface area contributed by atoms with Crippen LogP contribution in [-0.4, -0.2) is 23.3 Å². The Labute approximate surface area is 144 Å². The van der Waals surface area contributed by atoms with E-state index in [0.29, 0.717) is 17.9 Å². The maximum absolute atomic E-state index is 11.8. The zero-order valence-corrected chi connectivity index (χ0v) is 13.9. The van der Waals surface area contributed by atoms with Crippen LogP contribution >= 0.6 is 0 Å². The Morgan fingerprint density at radius 1 is 1.12 bits per heavy atom. The van der Waals surface area contributed by atoms with Gasteiger partial charge < -0.3 is 10.1 Å². The molecule has 0 atom stereocenters. The zero-order valence-electron chi connectivity index (χ0n) is 13.9. The number of anilines is 2. The van der Waals surface area contributed by atoms with Gasteiger partial charge in [0.15, 0.2) is 5.78 Å². The minimum Gasteiger partial charge on any atom is -0.462 e. The summed E-state index contributed by atoms with van der Waals surface area (Å²) in [5.41, 5.74) is 1.31. The fourth-order valence-electron chi connectivity index (χ4n) is 2.13. The number of nitro benzene ring substituents is 1. The van der Waals surface area contributed by atoms with Crippen LogP contribution in [0.1, 0.15) is 41.0 Å². The average Bonchev–Trinajstić information content (AvgIpc) is 2.60. The molecule has 0 aliphatic heterocycles. The van der Waals surface area contributed by atoms with E-state index in [0.717, 1.165) is 6.42 Å². The smallest absolute Gasteiger partial charge is 0.338 e. The topological polar surface area (TPSA) is 98.5 Å². The monoisotopic (exact) mass is 342 g/mol. The molecule has 0 saturated carbocycles. The molecule has 0 saturated heterocycles. The molecule has 0 amide bonds. The highest BCUT2D eigenvalue weighted by Gasteiger charge is 2.16. The van der Waals surface area contributed by atoms with Gasteiger partial charge in [0.2, 0.25) is 0 Å². The van der Waals surface area contributed by atoms with Crippen molar-refractivity contribution in [3.05, 3.63) is 63.7 Å². The minimum absolute atomic E-state index is 0.195. The summed E-state index contributed by atoms with van der Waals surface area (Å²) in [6, 6.07) is 10.7. The number of hydrogen-bond acceptors (Lipinski definition) is 6. The third-order valence-corrected chi connectivity index (χ3v) is 3.44. The minimum atomic E-state index is -0.550. The fourth-order valence-corrected chi connectivity index (χ4v) is 2.13. The van der Waals surface area contributed by atoms with E-state index in [2.05, 4.69) is 5.32 Å². The normalized spacial score (nSPS) is 10.2. The SMILES string of the molecule is CCCOC(=O)c1ccc(Nc2ccc(C(C)=O)cc2[N+](=O)[O-])cc1. The van der Waals surface area contributed by atoms with Crippen molar-refractivity contribution >= 4 is 28.8 Å². The summed E-state index contributed by atoms with van der Waals surface area (Å²) >= 11 is 0. The standard InChI is InChI=1S/C18H18N2O5/c1-3-10-25-18(22)13-4-7-15(8-5-13)19-16-9-6-14(12(2)21)11-17(16)20(23)24/h4-9,11,19H,3,10H2,1-2H3. The van der Waals surface area contributed by atoms with Crippen LogP contribution < -0.4 is 5.32 Å². The molecule has 25 heavy (non-hydrogen) atoms. The highest BCUT2D eigenvalue weighted by Crippen LogP contribution is 2.29. The van der Waals surface area contributed by atoms with Gasteiger partial charge in [0.05, 0.1) is 17.1 Å². The molecule has 0 aliphatic rings. The number of nitro groups is 1. The van der Waals surface area contributed by atoms with E-state index >= 15 is 0 Å². The molecule has 7 nitrogen and oxygen atoms in total. The Kier molecular flexibility index (Phi) is 5.84. The van der Waals surface area contributed by atoms with Gasteiger partial charge in [-0.2, -0.15) is 0 Å². The van der Waals surface area contributed by atoms with E-state index < -0.39 is 10.9 Å². The number of rotatable bonds is 7. The first kappa shape index (κ1) is 18.1. The largest absolute Gasteiger partial charge is 0.462 e. The van der Waals surface area contributed by atoms with Crippen LogP contribution in [-0.2, 0) is 4.74 Å². The van der Waals surface area contributed by atoms with E-state index in [4.69, 9.17) is 4.74 Å². The number of nitrogens with zero attached hydrogens (tertiary/aromatic N) is 1. The van der Waals surface area contributed by atoms with Gasteiger partial charge in [-0.05, 0) is 49.7 Å². The van der Waals surface area contributed by atoms with Crippen molar-refractivity contribution in [2.45, 2.75) is 20.3 Å². The molecule has 0 unspecified atom stereocenters. The van der Waals surface area contributed by atoms with Gasteiger partial charge in [0, 0.05) is 17.3 Å². The Bertz CT molecular complexity index is 800. The summed E-state index contributed by atoms with van der Waals surface area (Å²) in [4.78, 5) is 33.8. The van der Waals surface area contributed by atoms with Gasteiger partial charge in [-0.1, -0.05) is 6.92 Å². The van der Waals surface area contributed by atoms with Crippen molar-refractivity contribution in [3.8, 4) is 0 Å². The molecule has 0 fully saturated rings. The molecular formula is C18H18N2O5. The maximum Gasteiger partial charge on any atom is 0.338 e. The van der Waals surface area contributed by atoms with Crippen molar-refractivity contribution < 1.29 is 19.2 Å². The van der Waals surface area contributed by atoms with Crippen molar-refractivity contribution in [1.29, 1.82) is 0 Å². The summed E-state index contributed by atoms with van der Waals surface area (Å²) in [5.74, 6) is -0.658. The predicted molar refractivity (Wildman–Crippen MR) is 93.4 cm³/mol. The Balaban J connectivity index is 2.20. The first-order valence-electron chi connectivity index (χ1n) is 7.76. The summed E-state index contributed by atoms with van der Waals surface area (Å²) in [7, 11) is 0. The number of ether oxygens (including phenoxy) is 1. The van der Waals surface area contributed by atoms with Gasteiger partial charge in [-0.15, -0.1) is 0 Å². The van der Waals surface area contributed by atoms with Crippen molar-refractivity contribution in [2.24, 2.45) is 0 Å². The Morgan fingerprint density at radius 2 is 1.76 bits per heavy atom. The molecular weight excluding hydrogens is 324 g/mol. The van der Waals surface area contributed by atoms with Gasteiger partial charge in [0.1, 0.15) is 5.69 Å². The van der Waals surface area contributed by atoms with E-state index in [9.17, 15) is 19.7 Å². The van der Waals surface area contributed by atoms with Gasteiger partial charge >= 0.3 is 5.97 Å². The molecule has 2 aromatic rings. The van der Waals surface area contributed by atoms with Crippen molar-refractivity contribution in [2.75, 3.05) is 11.9 Å². The van der Waals surface area contributed by atoms with Crippen molar-refractivity contribution in [3.63, 3.8) is 0 Å². The molecule has 1 N–H and O–H groups in total. The van der Waals surface area contributed by atoms with E-state index in [1.807, 2.05) is 6.92 Å². The maximum atomic E-state index is 11.8. The third-order valence-electron chi connectivity index (χ3n) is 3.44. The van der Waals surface area contributed by atoms with Crippen LogP contribution in [0.2, 0.25) is 0 Å².